The summed E-state index contributed by atoms with van der Waals surface area (Å²) in [5.41, 5.74) is 0.901. The maximum atomic E-state index is 12.2. The number of fused-ring (bicyclic) bond motifs is 1. The van der Waals surface area contributed by atoms with Gasteiger partial charge < -0.3 is 9.47 Å². The molecule has 0 saturated carbocycles. The van der Waals surface area contributed by atoms with Gasteiger partial charge in [0.25, 0.3) is 5.91 Å². The van der Waals surface area contributed by atoms with Gasteiger partial charge in [-0.05, 0) is 37.5 Å². The summed E-state index contributed by atoms with van der Waals surface area (Å²) in [7, 11) is -2.07. The highest BCUT2D eigenvalue weighted by molar-refractivity contribution is 9.10. The van der Waals surface area contributed by atoms with Crippen molar-refractivity contribution >= 4 is 59.1 Å². The average molecular weight is 474 g/mol. The lowest BCUT2D eigenvalue weighted by atomic mass is 10.1. The molecular weight excluding hydrogens is 454 g/mol. The van der Waals surface area contributed by atoms with Crippen LogP contribution < -0.4 is 4.80 Å². The van der Waals surface area contributed by atoms with E-state index in [9.17, 15) is 18.0 Å². The van der Waals surface area contributed by atoms with Gasteiger partial charge in [0.1, 0.15) is 11.5 Å². The van der Waals surface area contributed by atoms with Gasteiger partial charge in [-0.1, -0.05) is 27.3 Å². The monoisotopic (exact) mass is 473 g/mol. The van der Waals surface area contributed by atoms with Crippen LogP contribution in [0.15, 0.2) is 27.7 Å². The van der Waals surface area contributed by atoms with Gasteiger partial charge in [0, 0.05) is 24.6 Å². The van der Waals surface area contributed by atoms with E-state index in [-0.39, 0.29) is 0 Å². The normalized spacial score (nSPS) is 16.1. The van der Waals surface area contributed by atoms with Gasteiger partial charge in [0.15, 0.2) is 14.6 Å². The molecule has 27 heavy (non-hydrogen) atoms. The highest BCUT2D eigenvalue weighted by Crippen LogP contribution is 2.21. The third kappa shape index (κ3) is 5.05. The Kier molecular flexibility index (Phi) is 6.17. The number of hydrogen-bond acceptors (Lipinski definition) is 5. The number of carbonyl (C=O) groups excluding carboxylic acids is 2. The van der Waals surface area contributed by atoms with E-state index in [1.165, 1.54) is 11.3 Å². The van der Waals surface area contributed by atoms with E-state index in [4.69, 9.17) is 0 Å². The van der Waals surface area contributed by atoms with Crippen LogP contribution in [0, 0.1) is 0 Å². The fourth-order valence-corrected chi connectivity index (χ4v) is 5.70. The third-order valence-corrected chi connectivity index (χ3v) is 7.35. The minimum atomic E-state index is -3.85. The summed E-state index contributed by atoms with van der Waals surface area (Å²) in [6.45, 7) is 1.17. The van der Waals surface area contributed by atoms with Crippen LogP contribution in [0.1, 0.15) is 19.3 Å². The van der Waals surface area contributed by atoms with E-state index in [0.29, 0.717) is 17.9 Å². The van der Waals surface area contributed by atoms with Gasteiger partial charge in [-0.25, -0.2) is 8.42 Å². The number of sulfone groups is 1. The van der Waals surface area contributed by atoms with Crippen molar-refractivity contribution < 1.29 is 18.0 Å². The number of thiazole rings is 1. The summed E-state index contributed by atoms with van der Waals surface area (Å²) in [4.78, 5) is 30.3. The van der Waals surface area contributed by atoms with Gasteiger partial charge in [0.2, 0.25) is 5.91 Å². The minimum absolute atomic E-state index is 0.422. The van der Waals surface area contributed by atoms with Crippen LogP contribution in [0.5, 0.6) is 0 Å². The van der Waals surface area contributed by atoms with Gasteiger partial charge in [-0.2, -0.15) is 4.99 Å². The lowest BCUT2D eigenvalue weighted by Gasteiger charge is -2.26. The van der Waals surface area contributed by atoms with Crippen molar-refractivity contribution in [2.24, 2.45) is 12.0 Å². The molecule has 1 aromatic carbocycles. The molecule has 10 heteroatoms. The summed E-state index contributed by atoms with van der Waals surface area (Å²) >= 11 is 4.70. The van der Waals surface area contributed by atoms with E-state index in [2.05, 4.69) is 20.9 Å². The largest absolute Gasteiger partial charge is 0.342 e. The van der Waals surface area contributed by atoms with E-state index >= 15 is 0 Å². The molecule has 1 aromatic heterocycles. The number of carbonyl (C=O) groups is 2. The Balaban J connectivity index is 1.73. The molecule has 2 heterocycles. The van der Waals surface area contributed by atoms with Crippen LogP contribution in [-0.2, 0) is 26.5 Å². The Morgan fingerprint density at radius 3 is 2.59 bits per heavy atom. The van der Waals surface area contributed by atoms with E-state index in [1.54, 1.807) is 16.5 Å². The second kappa shape index (κ2) is 8.24. The SMILES string of the molecule is Cn1c(=NC(=O)CS(=O)(=O)CC(=O)N2CCCCC2)sc2cc(Br)ccc21. The van der Waals surface area contributed by atoms with Crippen LogP contribution in [0.3, 0.4) is 0 Å². The molecule has 0 bridgehead atoms. The summed E-state index contributed by atoms with van der Waals surface area (Å²) in [6, 6.07) is 5.70. The Labute approximate surface area is 169 Å². The van der Waals surface area contributed by atoms with E-state index in [0.717, 1.165) is 34.0 Å². The van der Waals surface area contributed by atoms with Crippen molar-refractivity contribution in [2.75, 3.05) is 24.6 Å². The van der Waals surface area contributed by atoms with Crippen LogP contribution in [0.4, 0.5) is 0 Å². The lowest BCUT2D eigenvalue weighted by molar-refractivity contribution is -0.129. The zero-order chi connectivity index (χ0) is 19.6. The van der Waals surface area contributed by atoms with Crippen LogP contribution in [-0.4, -0.2) is 54.3 Å². The van der Waals surface area contributed by atoms with Crippen LogP contribution in [0.2, 0.25) is 0 Å². The summed E-state index contributed by atoms with van der Waals surface area (Å²) in [5.74, 6) is -2.59. The van der Waals surface area contributed by atoms with Gasteiger partial charge in [-0.3, -0.25) is 9.59 Å². The zero-order valence-corrected chi connectivity index (χ0v) is 18.1. The van der Waals surface area contributed by atoms with Crippen molar-refractivity contribution in [3.05, 3.63) is 27.5 Å². The smallest absolute Gasteiger partial charge is 0.263 e. The number of halogens is 1. The first-order valence-corrected chi connectivity index (χ1v) is 12.0. The van der Waals surface area contributed by atoms with Crippen LogP contribution >= 0.6 is 27.3 Å². The maximum Gasteiger partial charge on any atom is 0.263 e. The highest BCUT2D eigenvalue weighted by atomic mass is 79.9. The van der Waals surface area contributed by atoms with Crippen LogP contribution in [0.25, 0.3) is 10.2 Å². The van der Waals surface area contributed by atoms with Crippen molar-refractivity contribution in [3.63, 3.8) is 0 Å². The molecule has 0 atom stereocenters. The second-order valence-corrected chi connectivity index (χ2v) is 10.5. The molecule has 1 aliphatic heterocycles. The van der Waals surface area contributed by atoms with Gasteiger partial charge >= 0.3 is 0 Å². The number of rotatable bonds is 4. The predicted molar refractivity (Wildman–Crippen MR) is 108 cm³/mol. The first-order chi connectivity index (χ1) is 12.7. The number of piperidine rings is 1. The summed E-state index contributed by atoms with van der Waals surface area (Å²) in [6.07, 6.45) is 2.83. The predicted octanol–water partition coefficient (Wildman–Crippen LogP) is 1.86. The van der Waals surface area contributed by atoms with Crippen molar-refractivity contribution in [3.8, 4) is 0 Å². The number of aromatic nitrogens is 1. The van der Waals surface area contributed by atoms with Gasteiger partial charge in [-0.15, -0.1) is 0 Å². The van der Waals surface area contributed by atoms with Gasteiger partial charge in [0.05, 0.1) is 10.2 Å². The molecule has 2 aromatic rings. The quantitative estimate of drug-likeness (QED) is 0.677. The molecule has 3 rings (SSSR count). The Morgan fingerprint density at radius 1 is 1.19 bits per heavy atom. The third-order valence-electron chi connectivity index (χ3n) is 4.39. The lowest BCUT2D eigenvalue weighted by Crippen LogP contribution is -2.40. The molecule has 0 aliphatic carbocycles. The van der Waals surface area contributed by atoms with E-state index in [1.807, 2.05) is 18.2 Å². The van der Waals surface area contributed by atoms with E-state index < -0.39 is 33.2 Å². The van der Waals surface area contributed by atoms with Crippen molar-refractivity contribution in [1.29, 1.82) is 0 Å². The Hall–Kier alpha value is -1.52. The molecule has 0 N–H and O–H groups in total. The molecule has 7 nitrogen and oxygen atoms in total. The topological polar surface area (TPSA) is 88.8 Å². The average Bonchev–Trinajstić information content (AvgIpc) is 2.89. The zero-order valence-electron chi connectivity index (χ0n) is 14.9. The maximum absolute atomic E-state index is 12.2. The molecule has 0 unspecified atom stereocenters. The second-order valence-electron chi connectivity index (χ2n) is 6.53. The number of aryl methyl sites for hydroxylation is 1. The van der Waals surface area contributed by atoms with Crippen molar-refractivity contribution in [1.82, 2.24) is 9.47 Å². The number of nitrogens with zero attached hydrogens (tertiary/aromatic N) is 3. The van der Waals surface area contributed by atoms with Crippen molar-refractivity contribution in [2.45, 2.75) is 19.3 Å². The number of likely N-dealkylation sites (tertiary alicyclic amines) is 1. The number of amides is 2. The Bertz CT molecular complexity index is 1050. The Morgan fingerprint density at radius 2 is 1.89 bits per heavy atom. The minimum Gasteiger partial charge on any atom is -0.342 e. The molecule has 1 aliphatic rings. The molecule has 0 spiro atoms. The number of benzene rings is 1. The molecule has 2 amide bonds. The highest BCUT2D eigenvalue weighted by Gasteiger charge is 2.25. The first-order valence-electron chi connectivity index (χ1n) is 8.56. The standard InChI is InChI=1S/C17H20BrN3O4S2/c1-20-13-6-5-12(18)9-14(13)26-17(20)19-15(22)10-27(24,25)11-16(23)21-7-3-2-4-8-21/h5-6,9H,2-4,7-8,10-11H2,1H3. The first kappa shape index (κ1) is 20.2. The molecule has 0 radical (unpaired) electrons. The summed E-state index contributed by atoms with van der Waals surface area (Å²) < 4.78 is 28.1. The fourth-order valence-electron chi connectivity index (χ4n) is 3.02. The summed E-state index contributed by atoms with van der Waals surface area (Å²) in [5, 5.41) is 0. The molecule has 1 fully saturated rings. The fraction of sp³-hybridized carbons (Fsp3) is 0.471. The molecular formula is C17H20BrN3O4S2. The molecule has 146 valence electrons. The number of hydrogen-bond donors (Lipinski definition) is 0. The molecule has 1 saturated heterocycles.